The van der Waals surface area contributed by atoms with Crippen molar-refractivity contribution < 1.29 is 13.6 Å². The number of halogens is 2. The van der Waals surface area contributed by atoms with Crippen molar-refractivity contribution in [2.24, 2.45) is 0 Å². The van der Waals surface area contributed by atoms with Crippen LogP contribution < -0.4 is 10.9 Å². The van der Waals surface area contributed by atoms with E-state index in [4.69, 9.17) is 4.42 Å². The van der Waals surface area contributed by atoms with Crippen molar-refractivity contribution in [3.8, 4) is 0 Å². The van der Waals surface area contributed by atoms with E-state index >= 15 is 0 Å². The SMILES string of the molecule is O=C(NCc1ccc(F)cc1)c1cc2cc(Br)ccc2oc1=O. The van der Waals surface area contributed by atoms with Crippen LogP contribution in [0.15, 0.2) is 62.2 Å². The van der Waals surface area contributed by atoms with Crippen molar-refractivity contribution in [1.82, 2.24) is 5.32 Å². The molecule has 1 heterocycles. The molecule has 116 valence electrons. The van der Waals surface area contributed by atoms with Crippen molar-refractivity contribution in [3.05, 3.63) is 80.4 Å². The second-order valence-corrected chi connectivity index (χ2v) is 5.85. The zero-order chi connectivity index (χ0) is 16.4. The Morgan fingerprint density at radius 2 is 1.87 bits per heavy atom. The molecule has 0 aliphatic rings. The fourth-order valence-electron chi connectivity index (χ4n) is 2.13. The van der Waals surface area contributed by atoms with Crippen LogP contribution in [0, 0.1) is 5.82 Å². The highest BCUT2D eigenvalue weighted by Crippen LogP contribution is 2.19. The molecule has 2 aromatic carbocycles. The van der Waals surface area contributed by atoms with Crippen molar-refractivity contribution >= 4 is 32.8 Å². The van der Waals surface area contributed by atoms with E-state index in [-0.39, 0.29) is 17.9 Å². The lowest BCUT2D eigenvalue weighted by Gasteiger charge is -2.06. The van der Waals surface area contributed by atoms with Crippen LogP contribution in [0.4, 0.5) is 4.39 Å². The van der Waals surface area contributed by atoms with Gasteiger partial charge in [-0.1, -0.05) is 28.1 Å². The molecule has 3 aromatic rings. The summed E-state index contributed by atoms with van der Waals surface area (Å²) < 4.78 is 18.8. The van der Waals surface area contributed by atoms with Gasteiger partial charge >= 0.3 is 5.63 Å². The highest BCUT2D eigenvalue weighted by atomic mass is 79.9. The summed E-state index contributed by atoms with van der Waals surface area (Å²) in [6, 6.07) is 12.4. The molecule has 0 unspecified atom stereocenters. The van der Waals surface area contributed by atoms with E-state index in [1.807, 2.05) is 0 Å². The van der Waals surface area contributed by atoms with Crippen LogP contribution >= 0.6 is 15.9 Å². The first-order valence-electron chi connectivity index (χ1n) is 6.79. The van der Waals surface area contributed by atoms with Crippen LogP contribution in [-0.2, 0) is 6.54 Å². The molecule has 6 heteroatoms. The predicted molar refractivity (Wildman–Crippen MR) is 87.8 cm³/mol. The van der Waals surface area contributed by atoms with Gasteiger partial charge in [0.05, 0.1) is 0 Å². The Hall–Kier alpha value is -2.47. The lowest BCUT2D eigenvalue weighted by molar-refractivity contribution is 0.0947. The van der Waals surface area contributed by atoms with Gasteiger partial charge < -0.3 is 9.73 Å². The fourth-order valence-corrected chi connectivity index (χ4v) is 2.51. The number of carbonyl (C=O) groups excluding carboxylic acids is 1. The number of carbonyl (C=O) groups is 1. The average molecular weight is 376 g/mol. The van der Waals surface area contributed by atoms with Crippen LogP contribution in [0.25, 0.3) is 11.0 Å². The summed E-state index contributed by atoms with van der Waals surface area (Å²) in [7, 11) is 0. The smallest absolute Gasteiger partial charge is 0.349 e. The zero-order valence-corrected chi connectivity index (χ0v) is 13.4. The van der Waals surface area contributed by atoms with Gasteiger partial charge in [0.25, 0.3) is 5.91 Å². The van der Waals surface area contributed by atoms with Gasteiger partial charge in [0.2, 0.25) is 0 Å². The number of hydrogen-bond donors (Lipinski definition) is 1. The lowest BCUT2D eigenvalue weighted by Crippen LogP contribution is -2.27. The Morgan fingerprint density at radius 3 is 2.61 bits per heavy atom. The second kappa shape index (κ2) is 6.34. The van der Waals surface area contributed by atoms with Crippen molar-refractivity contribution in [2.45, 2.75) is 6.54 Å². The van der Waals surface area contributed by atoms with Gasteiger partial charge in [0.1, 0.15) is 17.0 Å². The van der Waals surface area contributed by atoms with Crippen LogP contribution in [0.3, 0.4) is 0 Å². The summed E-state index contributed by atoms with van der Waals surface area (Å²) in [6.45, 7) is 0.190. The van der Waals surface area contributed by atoms with E-state index in [0.717, 1.165) is 10.0 Å². The van der Waals surface area contributed by atoms with E-state index in [0.29, 0.717) is 11.0 Å². The molecule has 1 aromatic heterocycles. The molecule has 0 spiro atoms. The van der Waals surface area contributed by atoms with E-state index in [9.17, 15) is 14.0 Å². The normalized spacial score (nSPS) is 10.7. The Kier molecular flexibility index (Phi) is 4.25. The molecule has 0 saturated heterocycles. The van der Waals surface area contributed by atoms with Crippen molar-refractivity contribution in [2.75, 3.05) is 0 Å². The Balaban J connectivity index is 1.84. The molecule has 3 rings (SSSR count). The van der Waals surface area contributed by atoms with E-state index < -0.39 is 11.5 Å². The maximum Gasteiger partial charge on any atom is 0.349 e. The van der Waals surface area contributed by atoms with Crippen LogP contribution in [0.5, 0.6) is 0 Å². The first-order valence-corrected chi connectivity index (χ1v) is 7.58. The minimum Gasteiger partial charge on any atom is -0.422 e. The monoisotopic (exact) mass is 375 g/mol. The molecular weight excluding hydrogens is 365 g/mol. The number of hydrogen-bond acceptors (Lipinski definition) is 3. The number of benzene rings is 2. The summed E-state index contributed by atoms with van der Waals surface area (Å²) in [5.74, 6) is -0.884. The number of nitrogens with one attached hydrogen (secondary N) is 1. The number of fused-ring (bicyclic) bond motifs is 1. The first kappa shape index (κ1) is 15.4. The van der Waals surface area contributed by atoms with Gasteiger partial charge in [-0.05, 0) is 42.0 Å². The quantitative estimate of drug-likeness (QED) is 0.711. The summed E-state index contributed by atoms with van der Waals surface area (Å²) >= 11 is 3.33. The van der Waals surface area contributed by atoms with Gasteiger partial charge in [-0.3, -0.25) is 4.79 Å². The van der Waals surface area contributed by atoms with E-state index in [1.165, 1.54) is 18.2 Å². The number of rotatable bonds is 3. The summed E-state index contributed by atoms with van der Waals surface area (Å²) in [5.41, 5.74) is 0.370. The van der Waals surface area contributed by atoms with E-state index in [1.54, 1.807) is 30.3 Å². The summed E-state index contributed by atoms with van der Waals surface area (Å²) in [5, 5.41) is 3.27. The highest BCUT2D eigenvalue weighted by Gasteiger charge is 2.13. The lowest BCUT2D eigenvalue weighted by atomic mass is 10.1. The third kappa shape index (κ3) is 3.48. The predicted octanol–water partition coefficient (Wildman–Crippen LogP) is 3.62. The molecule has 1 N–H and O–H groups in total. The summed E-state index contributed by atoms with van der Waals surface area (Å²) in [4.78, 5) is 24.1. The second-order valence-electron chi connectivity index (χ2n) is 4.94. The van der Waals surface area contributed by atoms with E-state index in [2.05, 4.69) is 21.2 Å². The largest absolute Gasteiger partial charge is 0.422 e. The summed E-state index contributed by atoms with van der Waals surface area (Å²) in [6.07, 6.45) is 0. The molecule has 0 radical (unpaired) electrons. The van der Waals surface area contributed by atoms with Crippen LogP contribution in [-0.4, -0.2) is 5.91 Å². The molecule has 4 nitrogen and oxygen atoms in total. The Morgan fingerprint density at radius 1 is 1.13 bits per heavy atom. The number of amides is 1. The molecule has 0 saturated carbocycles. The maximum absolute atomic E-state index is 12.8. The minimum atomic E-state index is -0.698. The van der Waals surface area contributed by atoms with Gasteiger partial charge in [0.15, 0.2) is 0 Å². The average Bonchev–Trinajstić information content (AvgIpc) is 2.54. The molecular formula is C17H11BrFNO3. The van der Waals surface area contributed by atoms with Gasteiger partial charge in [0, 0.05) is 16.4 Å². The standard InChI is InChI=1S/C17H11BrFNO3/c18-12-3-6-15-11(7-12)8-14(17(22)23-15)16(21)20-9-10-1-4-13(19)5-2-10/h1-8H,9H2,(H,20,21). The fraction of sp³-hybridized carbons (Fsp3) is 0.0588. The van der Waals surface area contributed by atoms with Crippen LogP contribution in [0.1, 0.15) is 15.9 Å². The third-order valence-electron chi connectivity index (χ3n) is 3.31. The molecule has 0 fully saturated rings. The molecule has 0 bridgehead atoms. The maximum atomic E-state index is 12.8. The Bertz CT molecular complexity index is 935. The third-order valence-corrected chi connectivity index (χ3v) is 3.80. The molecule has 23 heavy (non-hydrogen) atoms. The van der Waals surface area contributed by atoms with Gasteiger partial charge in [-0.25, -0.2) is 9.18 Å². The van der Waals surface area contributed by atoms with Crippen molar-refractivity contribution in [3.63, 3.8) is 0 Å². The molecule has 0 aliphatic heterocycles. The van der Waals surface area contributed by atoms with Gasteiger partial charge in [-0.2, -0.15) is 0 Å². The Labute approximate surface area is 139 Å². The zero-order valence-electron chi connectivity index (χ0n) is 11.8. The van der Waals surface area contributed by atoms with Crippen LogP contribution in [0.2, 0.25) is 0 Å². The minimum absolute atomic E-state index is 0.0716. The highest BCUT2D eigenvalue weighted by molar-refractivity contribution is 9.10. The topological polar surface area (TPSA) is 59.3 Å². The van der Waals surface area contributed by atoms with Crippen molar-refractivity contribution in [1.29, 1.82) is 0 Å². The molecule has 0 aliphatic carbocycles. The first-order chi connectivity index (χ1) is 11.0. The van der Waals surface area contributed by atoms with Gasteiger partial charge in [-0.15, -0.1) is 0 Å². The molecule has 1 amide bonds. The molecule has 0 atom stereocenters.